The van der Waals surface area contributed by atoms with E-state index in [1.807, 2.05) is 4.90 Å². The van der Waals surface area contributed by atoms with Gasteiger partial charge in [0.1, 0.15) is 5.76 Å². The molecule has 1 aromatic heterocycles. The molecule has 0 radical (unpaired) electrons. The van der Waals surface area contributed by atoms with Crippen molar-refractivity contribution in [3.05, 3.63) is 24.2 Å². The normalized spacial score (nSPS) is 14.4. The summed E-state index contributed by atoms with van der Waals surface area (Å²) >= 11 is 0. The predicted molar refractivity (Wildman–Crippen MR) is 69.4 cm³/mol. The molecular formula is C13H19N3O3. The Morgan fingerprint density at radius 2 is 2.05 bits per heavy atom. The topological polar surface area (TPSA) is 74.6 Å². The molecule has 0 atom stereocenters. The summed E-state index contributed by atoms with van der Waals surface area (Å²) < 4.78 is 5.09. The van der Waals surface area contributed by atoms with Crippen molar-refractivity contribution in [2.45, 2.75) is 25.8 Å². The number of urea groups is 1. The Balaban J connectivity index is 1.57. The predicted octanol–water partition coefficient (Wildman–Crippen LogP) is 1.09. The number of carbonyl (C=O) groups excluding carboxylic acids is 2. The number of hydrogen-bond acceptors (Lipinski definition) is 3. The van der Waals surface area contributed by atoms with E-state index in [0.717, 1.165) is 25.9 Å². The van der Waals surface area contributed by atoms with Crippen LogP contribution in [-0.2, 0) is 11.3 Å². The first-order chi connectivity index (χ1) is 9.25. The fourth-order valence-electron chi connectivity index (χ4n) is 2.05. The van der Waals surface area contributed by atoms with E-state index in [9.17, 15) is 9.59 Å². The summed E-state index contributed by atoms with van der Waals surface area (Å²) in [5, 5.41) is 5.32. The zero-order valence-electron chi connectivity index (χ0n) is 10.9. The summed E-state index contributed by atoms with van der Waals surface area (Å²) in [6.45, 7) is 2.41. The van der Waals surface area contributed by atoms with E-state index in [1.54, 1.807) is 18.4 Å². The molecule has 2 N–H and O–H groups in total. The highest BCUT2D eigenvalue weighted by Gasteiger charge is 2.17. The van der Waals surface area contributed by atoms with Crippen LogP contribution in [0.4, 0.5) is 4.79 Å². The molecule has 2 rings (SSSR count). The molecule has 2 heterocycles. The Morgan fingerprint density at radius 1 is 1.26 bits per heavy atom. The minimum absolute atomic E-state index is 0.115. The van der Waals surface area contributed by atoms with Gasteiger partial charge >= 0.3 is 6.03 Å². The van der Waals surface area contributed by atoms with Crippen LogP contribution in [0.3, 0.4) is 0 Å². The standard InChI is InChI=1S/C13H19N3O3/c17-12(16-7-1-2-8-16)5-6-14-13(18)15-10-11-4-3-9-19-11/h3-4,9H,1-2,5-8,10H2,(H2,14,15,18). The van der Waals surface area contributed by atoms with E-state index in [-0.39, 0.29) is 11.9 Å². The smallest absolute Gasteiger partial charge is 0.315 e. The molecule has 1 aromatic rings. The third kappa shape index (κ3) is 4.31. The maximum absolute atomic E-state index is 11.7. The number of furan rings is 1. The van der Waals surface area contributed by atoms with Crippen molar-refractivity contribution < 1.29 is 14.0 Å². The van der Waals surface area contributed by atoms with Crippen molar-refractivity contribution in [2.24, 2.45) is 0 Å². The molecule has 0 saturated carbocycles. The third-order valence-corrected chi connectivity index (χ3v) is 3.09. The zero-order valence-corrected chi connectivity index (χ0v) is 10.9. The molecule has 104 valence electrons. The molecule has 3 amide bonds. The second-order valence-corrected chi connectivity index (χ2v) is 4.53. The number of nitrogens with zero attached hydrogens (tertiary/aromatic N) is 1. The number of rotatable bonds is 5. The molecule has 19 heavy (non-hydrogen) atoms. The van der Waals surface area contributed by atoms with Crippen LogP contribution in [-0.4, -0.2) is 36.5 Å². The fraction of sp³-hybridized carbons (Fsp3) is 0.538. The van der Waals surface area contributed by atoms with Crippen molar-refractivity contribution in [3.63, 3.8) is 0 Å². The molecule has 0 bridgehead atoms. The van der Waals surface area contributed by atoms with Crippen LogP contribution in [0.1, 0.15) is 25.0 Å². The first-order valence-corrected chi connectivity index (χ1v) is 6.57. The van der Waals surface area contributed by atoms with Crippen LogP contribution >= 0.6 is 0 Å². The van der Waals surface area contributed by atoms with Crippen molar-refractivity contribution in [1.29, 1.82) is 0 Å². The lowest BCUT2D eigenvalue weighted by Gasteiger charge is -2.15. The Hall–Kier alpha value is -1.98. The Morgan fingerprint density at radius 3 is 2.74 bits per heavy atom. The molecule has 6 nitrogen and oxygen atoms in total. The summed E-state index contributed by atoms with van der Waals surface area (Å²) in [4.78, 5) is 25.0. The largest absolute Gasteiger partial charge is 0.467 e. The van der Waals surface area contributed by atoms with Gasteiger partial charge in [0.15, 0.2) is 0 Å². The summed E-state index contributed by atoms with van der Waals surface area (Å²) in [6.07, 6.45) is 4.09. The van der Waals surface area contributed by atoms with Gasteiger partial charge in [-0.3, -0.25) is 4.79 Å². The lowest BCUT2D eigenvalue weighted by atomic mass is 10.3. The molecule has 1 fully saturated rings. The number of likely N-dealkylation sites (tertiary alicyclic amines) is 1. The van der Waals surface area contributed by atoms with Crippen molar-refractivity contribution >= 4 is 11.9 Å². The van der Waals surface area contributed by atoms with E-state index in [4.69, 9.17) is 4.42 Å². The molecule has 1 saturated heterocycles. The van der Waals surface area contributed by atoms with E-state index in [1.165, 1.54) is 0 Å². The fourth-order valence-corrected chi connectivity index (χ4v) is 2.05. The average molecular weight is 265 g/mol. The highest BCUT2D eigenvalue weighted by Crippen LogP contribution is 2.08. The summed E-state index contributed by atoms with van der Waals surface area (Å²) in [5.74, 6) is 0.812. The number of nitrogens with one attached hydrogen (secondary N) is 2. The van der Waals surface area contributed by atoms with Crippen LogP contribution in [0, 0.1) is 0 Å². The Kier molecular flexibility index (Phi) is 4.83. The average Bonchev–Trinajstić information content (AvgIpc) is 3.09. The molecule has 0 aromatic carbocycles. The van der Waals surface area contributed by atoms with Crippen LogP contribution in [0.2, 0.25) is 0 Å². The van der Waals surface area contributed by atoms with Crippen LogP contribution in [0.15, 0.2) is 22.8 Å². The highest BCUT2D eigenvalue weighted by atomic mass is 16.3. The Bertz CT molecular complexity index is 411. The quantitative estimate of drug-likeness (QED) is 0.837. The SMILES string of the molecule is O=C(NCCC(=O)N1CCCC1)NCc1ccco1. The summed E-state index contributed by atoms with van der Waals surface area (Å²) in [6, 6.07) is 3.27. The minimum Gasteiger partial charge on any atom is -0.467 e. The van der Waals surface area contributed by atoms with Crippen molar-refractivity contribution in [1.82, 2.24) is 15.5 Å². The maximum Gasteiger partial charge on any atom is 0.315 e. The lowest BCUT2D eigenvalue weighted by Crippen LogP contribution is -2.38. The van der Waals surface area contributed by atoms with Gasteiger partial charge in [0.2, 0.25) is 5.91 Å². The Labute approximate surface area is 112 Å². The van der Waals surface area contributed by atoms with Gasteiger partial charge in [0.25, 0.3) is 0 Å². The maximum atomic E-state index is 11.7. The van der Waals surface area contributed by atoms with Crippen LogP contribution < -0.4 is 10.6 Å². The van der Waals surface area contributed by atoms with E-state index >= 15 is 0 Å². The van der Waals surface area contributed by atoms with Gasteiger partial charge in [0.05, 0.1) is 12.8 Å². The minimum atomic E-state index is -0.286. The van der Waals surface area contributed by atoms with Gasteiger partial charge in [0, 0.05) is 26.1 Å². The van der Waals surface area contributed by atoms with E-state index in [2.05, 4.69) is 10.6 Å². The molecule has 1 aliphatic heterocycles. The first-order valence-electron chi connectivity index (χ1n) is 6.57. The number of amides is 3. The molecular weight excluding hydrogens is 246 g/mol. The van der Waals surface area contributed by atoms with Gasteiger partial charge in [-0.05, 0) is 25.0 Å². The summed E-state index contributed by atoms with van der Waals surface area (Å²) in [7, 11) is 0. The number of carbonyl (C=O) groups is 2. The van der Waals surface area contributed by atoms with Gasteiger partial charge in [-0.15, -0.1) is 0 Å². The van der Waals surface area contributed by atoms with Crippen LogP contribution in [0.25, 0.3) is 0 Å². The van der Waals surface area contributed by atoms with Gasteiger partial charge in [-0.25, -0.2) is 4.79 Å². The van der Waals surface area contributed by atoms with Gasteiger partial charge < -0.3 is 20.0 Å². The van der Waals surface area contributed by atoms with E-state index < -0.39 is 0 Å². The lowest BCUT2D eigenvalue weighted by molar-refractivity contribution is -0.129. The molecule has 1 aliphatic rings. The van der Waals surface area contributed by atoms with E-state index in [0.29, 0.717) is 25.3 Å². The van der Waals surface area contributed by atoms with Crippen molar-refractivity contribution in [2.75, 3.05) is 19.6 Å². The first kappa shape index (κ1) is 13.5. The molecule has 0 aliphatic carbocycles. The molecule has 6 heteroatoms. The van der Waals surface area contributed by atoms with Crippen LogP contribution in [0.5, 0.6) is 0 Å². The molecule has 0 spiro atoms. The zero-order chi connectivity index (χ0) is 13.5. The third-order valence-electron chi connectivity index (χ3n) is 3.09. The van der Waals surface area contributed by atoms with Gasteiger partial charge in [-0.2, -0.15) is 0 Å². The second kappa shape index (κ2) is 6.82. The van der Waals surface area contributed by atoms with Gasteiger partial charge in [-0.1, -0.05) is 0 Å². The monoisotopic (exact) mass is 265 g/mol. The summed E-state index contributed by atoms with van der Waals surface area (Å²) in [5.41, 5.74) is 0. The molecule has 0 unspecified atom stereocenters. The number of hydrogen-bond donors (Lipinski definition) is 2. The van der Waals surface area contributed by atoms with Crippen molar-refractivity contribution in [3.8, 4) is 0 Å². The second-order valence-electron chi connectivity index (χ2n) is 4.53. The highest BCUT2D eigenvalue weighted by molar-refractivity contribution is 5.78.